The highest BCUT2D eigenvalue weighted by Crippen LogP contribution is 2.35. The largest absolute Gasteiger partial charge is 0.381 e. The lowest BCUT2D eigenvalue weighted by Gasteiger charge is -2.34. The Balaban J connectivity index is 2.06. The van der Waals surface area contributed by atoms with Crippen molar-refractivity contribution in [2.45, 2.75) is 38.6 Å². The molecular formula is C16H20Cl2N2O. The molecule has 3 nitrogen and oxygen atoms in total. The predicted molar refractivity (Wildman–Crippen MR) is 87.2 cm³/mol. The average molecular weight is 327 g/mol. The third-order valence-electron chi connectivity index (χ3n) is 4.34. The van der Waals surface area contributed by atoms with E-state index in [0.717, 1.165) is 54.5 Å². The molecule has 0 aliphatic carbocycles. The molecule has 1 fully saturated rings. The molecule has 0 N–H and O–H groups in total. The van der Waals surface area contributed by atoms with Crippen LogP contribution >= 0.6 is 23.2 Å². The number of nitrogens with zero attached hydrogens (tertiary/aromatic N) is 2. The Kier molecular flexibility index (Phi) is 4.17. The minimum atomic E-state index is -0.125. The Labute approximate surface area is 135 Å². The first-order valence-corrected chi connectivity index (χ1v) is 8.17. The van der Waals surface area contributed by atoms with Gasteiger partial charge < -0.3 is 9.30 Å². The highest BCUT2D eigenvalue weighted by molar-refractivity contribution is 6.31. The third-order valence-corrected chi connectivity index (χ3v) is 4.77. The summed E-state index contributed by atoms with van der Waals surface area (Å²) < 4.78 is 7.74. The molecular weight excluding hydrogens is 307 g/mol. The van der Waals surface area contributed by atoms with Gasteiger partial charge in [0, 0.05) is 24.8 Å². The summed E-state index contributed by atoms with van der Waals surface area (Å²) in [7, 11) is 0. The van der Waals surface area contributed by atoms with E-state index in [1.807, 2.05) is 25.1 Å². The number of aromatic nitrogens is 2. The van der Waals surface area contributed by atoms with E-state index in [1.165, 1.54) is 0 Å². The number of alkyl halides is 1. The smallest absolute Gasteiger partial charge is 0.127 e. The maximum Gasteiger partial charge on any atom is 0.127 e. The van der Waals surface area contributed by atoms with Crippen LogP contribution in [0.1, 0.15) is 37.9 Å². The molecule has 1 aliphatic rings. The summed E-state index contributed by atoms with van der Waals surface area (Å²) >= 11 is 12.5. The summed E-state index contributed by atoms with van der Waals surface area (Å²) in [6, 6.07) is 5.82. The number of fused-ring (bicyclic) bond motifs is 1. The van der Waals surface area contributed by atoms with Crippen LogP contribution in [0.2, 0.25) is 5.02 Å². The SMILES string of the molecule is CC(Cl)c1nc2ccc(Cl)cc2n1CC1(C)CCOCC1. The van der Waals surface area contributed by atoms with Crippen LogP contribution in [-0.4, -0.2) is 22.8 Å². The fourth-order valence-electron chi connectivity index (χ4n) is 2.99. The van der Waals surface area contributed by atoms with Gasteiger partial charge in [0.2, 0.25) is 0 Å². The lowest BCUT2D eigenvalue weighted by molar-refractivity contribution is 0.0157. The topological polar surface area (TPSA) is 27.1 Å². The zero-order valence-corrected chi connectivity index (χ0v) is 13.9. The molecule has 21 heavy (non-hydrogen) atoms. The number of rotatable bonds is 3. The average Bonchev–Trinajstić information content (AvgIpc) is 2.77. The molecule has 1 saturated heterocycles. The van der Waals surface area contributed by atoms with E-state index in [1.54, 1.807) is 0 Å². The second-order valence-electron chi connectivity index (χ2n) is 6.23. The molecule has 1 aromatic carbocycles. The molecule has 5 heteroatoms. The zero-order valence-electron chi connectivity index (χ0n) is 12.4. The first-order valence-electron chi connectivity index (χ1n) is 7.36. The molecule has 1 atom stereocenters. The van der Waals surface area contributed by atoms with Gasteiger partial charge in [0.05, 0.1) is 16.4 Å². The van der Waals surface area contributed by atoms with Crippen molar-refractivity contribution in [3.8, 4) is 0 Å². The van der Waals surface area contributed by atoms with Gasteiger partial charge in [-0.15, -0.1) is 11.6 Å². The molecule has 114 valence electrons. The number of hydrogen-bond acceptors (Lipinski definition) is 2. The van der Waals surface area contributed by atoms with E-state index in [4.69, 9.17) is 32.9 Å². The summed E-state index contributed by atoms with van der Waals surface area (Å²) in [6.07, 6.45) is 2.12. The quantitative estimate of drug-likeness (QED) is 0.757. The number of ether oxygens (including phenoxy) is 1. The molecule has 0 radical (unpaired) electrons. The molecule has 0 bridgehead atoms. The van der Waals surface area contributed by atoms with E-state index in [-0.39, 0.29) is 10.8 Å². The van der Waals surface area contributed by atoms with Crippen LogP contribution in [0.5, 0.6) is 0 Å². The molecule has 1 aliphatic heterocycles. The molecule has 0 spiro atoms. The Bertz CT molecular complexity index is 645. The van der Waals surface area contributed by atoms with E-state index in [2.05, 4.69) is 11.5 Å². The lowest BCUT2D eigenvalue weighted by Crippen LogP contribution is -2.31. The standard InChI is InChI=1S/C16H20Cl2N2O/c1-11(17)15-19-13-4-3-12(18)9-14(13)20(15)10-16(2)5-7-21-8-6-16/h3-4,9,11H,5-8,10H2,1-2H3. The van der Waals surface area contributed by atoms with Crippen molar-refractivity contribution in [3.63, 3.8) is 0 Å². The zero-order chi connectivity index (χ0) is 15.0. The number of hydrogen-bond donors (Lipinski definition) is 0. The van der Waals surface area contributed by atoms with E-state index in [0.29, 0.717) is 0 Å². The van der Waals surface area contributed by atoms with Crippen molar-refractivity contribution in [3.05, 3.63) is 29.0 Å². The Hall–Kier alpha value is -0.770. The van der Waals surface area contributed by atoms with Crippen molar-refractivity contribution < 1.29 is 4.74 Å². The monoisotopic (exact) mass is 326 g/mol. The summed E-state index contributed by atoms with van der Waals surface area (Å²) in [5.41, 5.74) is 2.24. The Morgan fingerprint density at radius 2 is 2.10 bits per heavy atom. The summed E-state index contributed by atoms with van der Waals surface area (Å²) in [4.78, 5) is 4.69. The molecule has 1 unspecified atom stereocenters. The van der Waals surface area contributed by atoms with Gasteiger partial charge in [0.15, 0.2) is 0 Å². The summed E-state index contributed by atoms with van der Waals surface area (Å²) in [5.74, 6) is 0.918. The summed E-state index contributed by atoms with van der Waals surface area (Å²) in [6.45, 7) is 6.84. The van der Waals surface area contributed by atoms with Crippen molar-refractivity contribution >= 4 is 34.2 Å². The highest BCUT2D eigenvalue weighted by atomic mass is 35.5. The van der Waals surface area contributed by atoms with E-state index >= 15 is 0 Å². The van der Waals surface area contributed by atoms with Gasteiger partial charge in [0.1, 0.15) is 5.82 Å². The van der Waals surface area contributed by atoms with Crippen LogP contribution in [-0.2, 0) is 11.3 Å². The predicted octanol–water partition coefficient (Wildman–Crippen LogP) is 4.81. The maximum absolute atomic E-state index is 6.34. The lowest BCUT2D eigenvalue weighted by atomic mass is 9.82. The second-order valence-corrected chi connectivity index (χ2v) is 7.32. The molecule has 0 saturated carbocycles. The van der Waals surface area contributed by atoms with E-state index in [9.17, 15) is 0 Å². The van der Waals surface area contributed by atoms with Crippen LogP contribution < -0.4 is 0 Å². The van der Waals surface area contributed by atoms with Gasteiger partial charge in [0.25, 0.3) is 0 Å². The highest BCUT2D eigenvalue weighted by Gasteiger charge is 2.30. The Morgan fingerprint density at radius 3 is 2.76 bits per heavy atom. The van der Waals surface area contributed by atoms with Crippen molar-refractivity contribution in [1.29, 1.82) is 0 Å². The normalized spacial score (nSPS) is 19.8. The molecule has 2 heterocycles. The first-order chi connectivity index (χ1) is 9.98. The van der Waals surface area contributed by atoms with Gasteiger partial charge in [-0.1, -0.05) is 18.5 Å². The van der Waals surface area contributed by atoms with Crippen LogP contribution in [0, 0.1) is 5.41 Å². The minimum Gasteiger partial charge on any atom is -0.381 e. The minimum absolute atomic E-state index is 0.125. The third kappa shape index (κ3) is 3.05. The van der Waals surface area contributed by atoms with Crippen molar-refractivity contribution in [1.82, 2.24) is 9.55 Å². The number of imidazole rings is 1. The second kappa shape index (κ2) is 5.79. The number of halogens is 2. The molecule has 2 aromatic rings. The van der Waals surface area contributed by atoms with E-state index < -0.39 is 0 Å². The van der Waals surface area contributed by atoms with Crippen LogP contribution in [0.4, 0.5) is 0 Å². The van der Waals surface area contributed by atoms with Gasteiger partial charge in [-0.25, -0.2) is 4.98 Å². The fraction of sp³-hybridized carbons (Fsp3) is 0.562. The van der Waals surface area contributed by atoms with Gasteiger partial charge in [-0.2, -0.15) is 0 Å². The fourth-order valence-corrected chi connectivity index (χ4v) is 3.32. The molecule has 0 amide bonds. The van der Waals surface area contributed by atoms with Crippen LogP contribution in [0.25, 0.3) is 11.0 Å². The first kappa shape index (κ1) is 15.1. The molecule has 3 rings (SSSR count). The maximum atomic E-state index is 6.34. The van der Waals surface area contributed by atoms with Crippen molar-refractivity contribution in [2.75, 3.05) is 13.2 Å². The van der Waals surface area contributed by atoms with Crippen LogP contribution in [0.3, 0.4) is 0 Å². The van der Waals surface area contributed by atoms with Crippen LogP contribution in [0.15, 0.2) is 18.2 Å². The van der Waals surface area contributed by atoms with Crippen molar-refractivity contribution in [2.24, 2.45) is 5.41 Å². The molecule has 1 aromatic heterocycles. The van der Waals surface area contributed by atoms with Gasteiger partial charge >= 0.3 is 0 Å². The van der Waals surface area contributed by atoms with Gasteiger partial charge in [-0.3, -0.25) is 0 Å². The summed E-state index contributed by atoms with van der Waals surface area (Å²) in [5, 5.41) is 0.606. The Morgan fingerprint density at radius 1 is 1.38 bits per heavy atom. The number of benzene rings is 1. The van der Waals surface area contributed by atoms with Gasteiger partial charge in [-0.05, 0) is 43.4 Å².